The van der Waals surface area contributed by atoms with Gasteiger partial charge in [0.15, 0.2) is 0 Å². The summed E-state index contributed by atoms with van der Waals surface area (Å²) in [5.74, 6) is 0.744. The highest BCUT2D eigenvalue weighted by Gasteiger charge is 2.36. The summed E-state index contributed by atoms with van der Waals surface area (Å²) in [6, 6.07) is -0.201. The standard InChI is InChI=1S/C15H28N2O2/c1-11(2)8-15(5-3-4-6-15)10-17-14(19)13-7-12(18)9-16-13/h11-13,16,18H,3-10H2,1-2H3,(H,17,19). The van der Waals surface area contributed by atoms with Gasteiger partial charge < -0.3 is 15.7 Å². The highest BCUT2D eigenvalue weighted by molar-refractivity contribution is 5.82. The van der Waals surface area contributed by atoms with E-state index in [0.29, 0.717) is 24.3 Å². The second kappa shape index (κ2) is 6.23. The van der Waals surface area contributed by atoms with Gasteiger partial charge in [-0.25, -0.2) is 0 Å². The molecule has 0 bridgehead atoms. The SMILES string of the molecule is CC(C)CC1(CNC(=O)C2CC(O)CN2)CCCC1. The third-order valence-electron chi connectivity index (χ3n) is 4.57. The number of aliphatic hydroxyl groups excluding tert-OH is 1. The van der Waals surface area contributed by atoms with Crippen molar-refractivity contribution in [3.63, 3.8) is 0 Å². The zero-order valence-electron chi connectivity index (χ0n) is 12.2. The first-order valence-corrected chi connectivity index (χ1v) is 7.70. The molecule has 0 spiro atoms. The first-order valence-electron chi connectivity index (χ1n) is 7.70. The first-order chi connectivity index (χ1) is 9.01. The van der Waals surface area contributed by atoms with Gasteiger partial charge in [-0.3, -0.25) is 4.79 Å². The first kappa shape index (κ1) is 14.8. The van der Waals surface area contributed by atoms with Crippen molar-refractivity contribution in [2.45, 2.75) is 64.5 Å². The van der Waals surface area contributed by atoms with Crippen LogP contribution < -0.4 is 10.6 Å². The molecule has 1 saturated heterocycles. The van der Waals surface area contributed by atoms with Gasteiger partial charge in [-0.15, -0.1) is 0 Å². The minimum Gasteiger partial charge on any atom is -0.392 e. The van der Waals surface area contributed by atoms with Gasteiger partial charge in [0.1, 0.15) is 0 Å². The maximum absolute atomic E-state index is 12.1. The molecule has 0 radical (unpaired) electrons. The van der Waals surface area contributed by atoms with Gasteiger partial charge in [-0.1, -0.05) is 26.7 Å². The fraction of sp³-hybridized carbons (Fsp3) is 0.933. The van der Waals surface area contributed by atoms with E-state index in [4.69, 9.17) is 0 Å². The van der Waals surface area contributed by atoms with Crippen molar-refractivity contribution in [2.75, 3.05) is 13.1 Å². The summed E-state index contributed by atoms with van der Waals surface area (Å²) >= 11 is 0. The molecule has 2 unspecified atom stereocenters. The largest absolute Gasteiger partial charge is 0.392 e. The van der Waals surface area contributed by atoms with E-state index in [1.807, 2.05) is 0 Å². The number of carbonyl (C=O) groups excluding carboxylic acids is 1. The third-order valence-corrected chi connectivity index (χ3v) is 4.57. The van der Waals surface area contributed by atoms with E-state index in [1.54, 1.807) is 0 Å². The average Bonchev–Trinajstić information content (AvgIpc) is 2.95. The van der Waals surface area contributed by atoms with Crippen molar-refractivity contribution >= 4 is 5.91 Å². The molecule has 19 heavy (non-hydrogen) atoms. The molecule has 2 fully saturated rings. The molecule has 1 aliphatic heterocycles. The highest BCUT2D eigenvalue weighted by Crippen LogP contribution is 2.42. The van der Waals surface area contributed by atoms with Crippen LogP contribution in [-0.2, 0) is 4.79 Å². The minimum absolute atomic E-state index is 0.0616. The summed E-state index contributed by atoms with van der Waals surface area (Å²) in [6.07, 6.45) is 6.45. The Labute approximate surface area is 116 Å². The molecule has 4 heteroatoms. The van der Waals surface area contributed by atoms with E-state index in [-0.39, 0.29) is 18.1 Å². The molecule has 4 nitrogen and oxygen atoms in total. The molecule has 1 amide bonds. The van der Waals surface area contributed by atoms with Gasteiger partial charge in [0.2, 0.25) is 5.91 Å². The van der Waals surface area contributed by atoms with Crippen molar-refractivity contribution in [3.8, 4) is 0 Å². The van der Waals surface area contributed by atoms with Gasteiger partial charge in [0.25, 0.3) is 0 Å². The van der Waals surface area contributed by atoms with Crippen LogP contribution in [0.25, 0.3) is 0 Å². The predicted octanol–water partition coefficient (Wildman–Crippen LogP) is 1.43. The van der Waals surface area contributed by atoms with Crippen LogP contribution in [-0.4, -0.2) is 36.2 Å². The van der Waals surface area contributed by atoms with E-state index in [1.165, 1.54) is 32.1 Å². The smallest absolute Gasteiger partial charge is 0.237 e. The second-order valence-electron chi connectivity index (χ2n) is 6.87. The van der Waals surface area contributed by atoms with Crippen LogP contribution in [0.3, 0.4) is 0 Å². The Morgan fingerprint density at radius 2 is 2.11 bits per heavy atom. The van der Waals surface area contributed by atoms with Gasteiger partial charge in [0.05, 0.1) is 12.1 Å². The molecule has 1 saturated carbocycles. The number of hydrogen-bond acceptors (Lipinski definition) is 3. The summed E-state index contributed by atoms with van der Waals surface area (Å²) in [4.78, 5) is 12.1. The second-order valence-corrected chi connectivity index (χ2v) is 6.87. The molecule has 3 N–H and O–H groups in total. The number of amides is 1. The molecule has 2 aliphatic rings. The van der Waals surface area contributed by atoms with Crippen LogP contribution in [0.15, 0.2) is 0 Å². The van der Waals surface area contributed by atoms with Crippen molar-refractivity contribution in [2.24, 2.45) is 11.3 Å². The van der Waals surface area contributed by atoms with E-state index >= 15 is 0 Å². The van der Waals surface area contributed by atoms with Crippen molar-refractivity contribution in [3.05, 3.63) is 0 Å². The predicted molar refractivity (Wildman–Crippen MR) is 75.8 cm³/mol. The molecule has 0 aromatic heterocycles. The van der Waals surface area contributed by atoms with E-state index in [9.17, 15) is 9.90 Å². The Hall–Kier alpha value is -0.610. The Bertz CT molecular complexity index is 311. The van der Waals surface area contributed by atoms with Gasteiger partial charge in [-0.05, 0) is 37.0 Å². The fourth-order valence-electron chi connectivity index (χ4n) is 3.76. The van der Waals surface area contributed by atoms with Crippen LogP contribution in [0.5, 0.6) is 0 Å². The summed E-state index contributed by atoms with van der Waals surface area (Å²) in [7, 11) is 0. The molecule has 2 atom stereocenters. The molecule has 0 aromatic rings. The molecular formula is C15H28N2O2. The van der Waals surface area contributed by atoms with Crippen LogP contribution in [0, 0.1) is 11.3 Å². The number of nitrogens with one attached hydrogen (secondary N) is 2. The minimum atomic E-state index is -0.369. The highest BCUT2D eigenvalue weighted by atomic mass is 16.3. The lowest BCUT2D eigenvalue weighted by molar-refractivity contribution is -0.123. The molecule has 110 valence electrons. The van der Waals surface area contributed by atoms with E-state index in [0.717, 1.165) is 6.54 Å². The lowest BCUT2D eigenvalue weighted by Crippen LogP contribution is -2.45. The van der Waals surface area contributed by atoms with Crippen molar-refractivity contribution in [1.29, 1.82) is 0 Å². The summed E-state index contributed by atoms with van der Waals surface area (Å²) in [5, 5.41) is 15.6. The van der Waals surface area contributed by atoms with Crippen LogP contribution >= 0.6 is 0 Å². The lowest BCUT2D eigenvalue weighted by Gasteiger charge is -2.31. The number of rotatable bonds is 5. The molecule has 2 rings (SSSR count). The number of β-amino-alcohol motifs (C(OH)–C–C–N with tert-alkyl or cyclic N) is 1. The van der Waals surface area contributed by atoms with Crippen molar-refractivity contribution in [1.82, 2.24) is 10.6 Å². The monoisotopic (exact) mass is 268 g/mol. The normalized spacial score (nSPS) is 29.9. The van der Waals surface area contributed by atoms with Crippen LogP contribution in [0.2, 0.25) is 0 Å². The molecule has 0 aromatic carbocycles. The molecule has 1 aliphatic carbocycles. The zero-order valence-corrected chi connectivity index (χ0v) is 12.2. The molecular weight excluding hydrogens is 240 g/mol. The van der Waals surface area contributed by atoms with Crippen LogP contribution in [0.1, 0.15) is 52.4 Å². The number of carbonyl (C=O) groups is 1. The topological polar surface area (TPSA) is 61.4 Å². The summed E-state index contributed by atoms with van der Waals surface area (Å²) in [5.41, 5.74) is 0.320. The molecule has 1 heterocycles. The average molecular weight is 268 g/mol. The Morgan fingerprint density at radius 3 is 2.63 bits per heavy atom. The van der Waals surface area contributed by atoms with Crippen LogP contribution in [0.4, 0.5) is 0 Å². The maximum atomic E-state index is 12.1. The van der Waals surface area contributed by atoms with Crippen molar-refractivity contribution < 1.29 is 9.90 Å². The lowest BCUT2D eigenvalue weighted by atomic mass is 9.78. The van der Waals surface area contributed by atoms with Gasteiger partial charge in [-0.2, -0.15) is 0 Å². The zero-order chi connectivity index (χ0) is 13.9. The summed E-state index contributed by atoms with van der Waals surface area (Å²) in [6.45, 7) is 5.86. The Balaban J connectivity index is 1.83. The van der Waals surface area contributed by atoms with Gasteiger partial charge in [0, 0.05) is 13.1 Å². The van der Waals surface area contributed by atoms with E-state index in [2.05, 4.69) is 24.5 Å². The Morgan fingerprint density at radius 1 is 1.42 bits per heavy atom. The summed E-state index contributed by atoms with van der Waals surface area (Å²) < 4.78 is 0. The van der Waals surface area contributed by atoms with Gasteiger partial charge >= 0.3 is 0 Å². The third kappa shape index (κ3) is 3.93. The maximum Gasteiger partial charge on any atom is 0.237 e. The fourth-order valence-corrected chi connectivity index (χ4v) is 3.76. The van der Waals surface area contributed by atoms with E-state index < -0.39 is 0 Å². The Kier molecular flexibility index (Phi) is 4.85. The number of hydrogen-bond donors (Lipinski definition) is 3. The quantitative estimate of drug-likeness (QED) is 0.707. The number of aliphatic hydroxyl groups is 1.